The molecule has 0 spiro atoms. The van der Waals surface area contributed by atoms with Gasteiger partial charge >= 0.3 is 0 Å². The van der Waals surface area contributed by atoms with E-state index in [4.69, 9.17) is 4.42 Å². The third kappa shape index (κ3) is 4.68. The van der Waals surface area contributed by atoms with Gasteiger partial charge in [-0.3, -0.25) is 9.59 Å². The number of benzene rings is 1. The Morgan fingerprint density at radius 2 is 1.83 bits per heavy atom. The van der Waals surface area contributed by atoms with E-state index < -0.39 is 0 Å². The predicted molar refractivity (Wildman–Crippen MR) is 110 cm³/mol. The van der Waals surface area contributed by atoms with Crippen LogP contribution in [0.5, 0.6) is 0 Å². The van der Waals surface area contributed by atoms with Gasteiger partial charge < -0.3 is 14.6 Å². The van der Waals surface area contributed by atoms with Crippen molar-refractivity contribution in [2.24, 2.45) is 0 Å². The van der Waals surface area contributed by atoms with Crippen molar-refractivity contribution in [2.75, 3.05) is 13.1 Å². The number of furan rings is 1. The molecule has 6 nitrogen and oxygen atoms in total. The Balaban J connectivity index is 1.36. The molecule has 0 saturated carbocycles. The molecule has 29 heavy (non-hydrogen) atoms. The standard InChI is InChI=1S/C22H21N3O3S/c26-20(18-8-4-12-23-21(18)29-17-6-2-1-3-7-17)24-16-10-13-25(14-11-16)22(27)19-9-5-15-28-19/h1-9,12,15-16H,10-11,13-14H2,(H,24,26). The summed E-state index contributed by atoms with van der Waals surface area (Å²) in [6.45, 7) is 1.17. The lowest BCUT2D eigenvalue weighted by Gasteiger charge is -2.32. The van der Waals surface area contributed by atoms with Gasteiger partial charge in [0, 0.05) is 30.2 Å². The fourth-order valence-electron chi connectivity index (χ4n) is 3.29. The highest BCUT2D eigenvalue weighted by atomic mass is 32.2. The van der Waals surface area contributed by atoms with Crippen molar-refractivity contribution in [1.82, 2.24) is 15.2 Å². The van der Waals surface area contributed by atoms with Crippen LogP contribution in [0.4, 0.5) is 0 Å². The topological polar surface area (TPSA) is 75.4 Å². The molecule has 0 bridgehead atoms. The Morgan fingerprint density at radius 3 is 2.55 bits per heavy atom. The molecular formula is C22H21N3O3S. The van der Waals surface area contributed by atoms with Crippen LogP contribution in [0.3, 0.4) is 0 Å². The van der Waals surface area contributed by atoms with Gasteiger partial charge in [-0.1, -0.05) is 30.0 Å². The van der Waals surface area contributed by atoms with Crippen molar-refractivity contribution in [2.45, 2.75) is 28.8 Å². The van der Waals surface area contributed by atoms with Crippen molar-refractivity contribution in [3.8, 4) is 0 Å². The minimum absolute atomic E-state index is 0.0259. The molecule has 7 heteroatoms. The third-order valence-electron chi connectivity index (χ3n) is 4.82. The van der Waals surface area contributed by atoms with E-state index in [9.17, 15) is 9.59 Å². The highest BCUT2D eigenvalue weighted by Crippen LogP contribution is 2.28. The molecule has 4 rings (SSSR count). The number of likely N-dealkylation sites (tertiary alicyclic amines) is 1. The zero-order valence-electron chi connectivity index (χ0n) is 15.8. The average Bonchev–Trinajstić information content (AvgIpc) is 3.30. The Hall–Kier alpha value is -3.06. The quantitative estimate of drug-likeness (QED) is 0.695. The van der Waals surface area contributed by atoms with Crippen molar-refractivity contribution < 1.29 is 14.0 Å². The summed E-state index contributed by atoms with van der Waals surface area (Å²) >= 11 is 1.47. The Labute approximate surface area is 173 Å². The predicted octanol–water partition coefficient (Wildman–Crippen LogP) is 3.86. The molecule has 2 amide bonds. The van der Waals surface area contributed by atoms with Crippen LogP contribution in [-0.4, -0.2) is 40.8 Å². The van der Waals surface area contributed by atoms with E-state index in [-0.39, 0.29) is 17.9 Å². The zero-order valence-corrected chi connectivity index (χ0v) is 16.6. The number of nitrogens with one attached hydrogen (secondary N) is 1. The van der Waals surface area contributed by atoms with Gasteiger partial charge in [0.05, 0.1) is 11.8 Å². The van der Waals surface area contributed by atoms with Gasteiger partial charge in [0.1, 0.15) is 5.03 Å². The Morgan fingerprint density at radius 1 is 1.03 bits per heavy atom. The van der Waals surface area contributed by atoms with Crippen LogP contribution in [0, 0.1) is 0 Å². The second kappa shape index (κ2) is 8.96. The number of nitrogens with zero attached hydrogens (tertiary/aromatic N) is 2. The first kappa shape index (κ1) is 19.3. The van der Waals surface area contributed by atoms with Gasteiger partial charge in [-0.25, -0.2) is 4.98 Å². The Kier molecular flexibility index (Phi) is 5.95. The second-order valence-electron chi connectivity index (χ2n) is 6.79. The molecule has 2 aromatic heterocycles. The minimum Gasteiger partial charge on any atom is -0.459 e. The maximum Gasteiger partial charge on any atom is 0.289 e. The van der Waals surface area contributed by atoms with Gasteiger partial charge in [-0.15, -0.1) is 0 Å². The molecule has 148 valence electrons. The van der Waals surface area contributed by atoms with Crippen LogP contribution in [-0.2, 0) is 0 Å². The summed E-state index contributed by atoms with van der Waals surface area (Å²) in [4.78, 5) is 32.4. The molecule has 1 aromatic carbocycles. The largest absolute Gasteiger partial charge is 0.459 e. The molecule has 1 saturated heterocycles. The molecule has 1 aliphatic heterocycles. The Bertz CT molecular complexity index is 968. The molecular weight excluding hydrogens is 386 g/mol. The number of amides is 2. The monoisotopic (exact) mass is 407 g/mol. The second-order valence-corrected chi connectivity index (χ2v) is 7.85. The summed E-state index contributed by atoms with van der Waals surface area (Å²) in [7, 11) is 0. The maximum absolute atomic E-state index is 12.9. The number of piperidine rings is 1. The first-order valence-corrected chi connectivity index (χ1v) is 10.3. The van der Waals surface area contributed by atoms with Gasteiger partial charge in [-0.2, -0.15) is 0 Å². The van der Waals surface area contributed by atoms with E-state index in [1.165, 1.54) is 18.0 Å². The molecule has 3 aromatic rings. The number of hydrogen-bond donors (Lipinski definition) is 1. The molecule has 0 atom stereocenters. The molecule has 1 fully saturated rings. The zero-order chi connectivity index (χ0) is 20.1. The summed E-state index contributed by atoms with van der Waals surface area (Å²) in [5.41, 5.74) is 0.565. The lowest BCUT2D eigenvalue weighted by Crippen LogP contribution is -2.46. The number of pyridine rings is 1. The number of rotatable bonds is 5. The molecule has 1 aliphatic rings. The molecule has 0 aliphatic carbocycles. The van der Waals surface area contributed by atoms with Gasteiger partial charge in [0.25, 0.3) is 11.8 Å². The highest BCUT2D eigenvalue weighted by Gasteiger charge is 2.26. The van der Waals surface area contributed by atoms with E-state index in [0.717, 1.165) is 4.90 Å². The van der Waals surface area contributed by atoms with E-state index in [1.807, 2.05) is 30.3 Å². The first-order valence-electron chi connectivity index (χ1n) is 9.52. The van der Waals surface area contributed by atoms with Crippen LogP contribution in [0.1, 0.15) is 33.8 Å². The van der Waals surface area contributed by atoms with Crippen molar-refractivity contribution in [1.29, 1.82) is 0 Å². The third-order valence-corrected chi connectivity index (χ3v) is 5.85. The van der Waals surface area contributed by atoms with E-state index >= 15 is 0 Å². The summed E-state index contributed by atoms with van der Waals surface area (Å²) in [6.07, 6.45) is 4.61. The lowest BCUT2D eigenvalue weighted by molar-refractivity contribution is 0.0667. The lowest BCUT2D eigenvalue weighted by atomic mass is 10.0. The molecule has 3 heterocycles. The summed E-state index contributed by atoms with van der Waals surface area (Å²) < 4.78 is 5.19. The van der Waals surface area contributed by atoms with Gasteiger partial charge in [0.15, 0.2) is 5.76 Å². The van der Waals surface area contributed by atoms with E-state index in [1.54, 1.807) is 35.4 Å². The number of carbonyl (C=O) groups excluding carboxylic acids is 2. The summed E-state index contributed by atoms with van der Waals surface area (Å²) in [5.74, 6) is 0.117. The van der Waals surface area contributed by atoms with Crippen molar-refractivity contribution >= 4 is 23.6 Å². The SMILES string of the molecule is O=C(NC1CCN(C(=O)c2ccco2)CC1)c1cccnc1Sc1ccccc1. The van der Waals surface area contributed by atoms with E-state index in [0.29, 0.717) is 42.3 Å². The van der Waals surface area contributed by atoms with Gasteiger partial charge in [0.2, 0.25) is 0 Å². The van der Waals surface area contributed by atoms with Crippen LogP contribution in [0.25, 0.3) is 0 Å². The van der Waals surface area contributed by atoms with Crippen molar-refractivity contribution in [3.63, 3.8) is 0 Å². The van der Waals surface area contributed by atoms with Crippen LogP contribution in [0.15, 0.2) is 81.4 Å². The van der Waals surface area contributed by atoms with Crippen molar-refractivity contribution in [3.05, 3.63) is 78.4 Å². The fourth-order valence-corrected chi connectivity index (χ4v) is 4.19. The highest BCUT2D eigenvalue weighted by molar-refractivity contribution is 7.99. The molecule has 0 unspecified atom stereocenters. The molecule has 1 N–H and O–H groups in total. The molecule has 0 radical (unpaired) electrons. The average molecular weight is 407 g/mol. The smallest absolute Gasteiger partial charge is 0.289 e. The number of hydrogen-bond acceptors (Lipinski definition) is 5. The van der Waals surface area contributed by atoms with E-state index in [2.05, 4.69) is 10.3 Å². The fraction of sp³-hybridized carbons (Fsp3) is 0.227. The maximum atomic E-state index is 12.9. The van der Waals surface area contributed by atoms with Crippen LogP contribution >= 0.6 is 11.8 Å². The normalized spacial score (nSPS) is 14.6. The summed E-state index contributed by atoms with van der Waals surface area (Å²) in [5, 5.41) is 3.78. The van der Waals surface area contributed by atoms with Gasteiger partial charge in [-0.05, 0) is 49.2 Å². The minimum atomic E-state index is -0.132. The number of carbonyl (C=O) groups is 2. The number of aromatic nitrogens is 1. The van der Waals surface area contributed by atoms with Crippen LogP contribution < -0.4 is 5.32 Å². The van der Waals surface area contributed by atoms with Crippen LogP contribution in [0.2, 0.25) is 0 Å². The first-order chi connectivity index (χ1) is 14.2. The summed E-state index contributed by atoms with van der Waals surface area (Å²) in [6, 6.07) is 16.8.